The highest BCUT2D eigenvalue weighted by atomic mass is 32.1. The summed E-state index contributed by atoms with van der Waals surface area (Å²) in [6.07, 6.45) is -4.33. The molecule has 2 aromatic heterocycles. The maximum absolute atomic E-state index is 12.0. The summed E-state index contributed by atoms with van der Waals surface area (Å²) in [5, 5.41) is 0. The Morgan fingerprint density at radius 2 is 2.15 bits per heavy atom. The third kappa shape index (κ3) is 3.48. The lowest BCUT2D eigenvalue weighted by Crippen LogP contribution is -2.19. The van der Waals surface area contributed by atoms with Crippen molar-refractivity contribution in [2.24, 2.45) is 0 Å². The molecule has 0 amide bonds. The number of methoxy groups -OCH3 is 1. The Labute approximate surface area is 117 Å². The summed E-state index contributed by atoms with van der Waals surface area (Å²) >= 11 is 5.10. The van der Waals surface area contributed by atoms with Gasteiger partial charge >= 0.3 is 6.18 Å². The monoisotopic (exact) mass is 307 g/mol. The summed E-state index contributed by atoms with van der Waals surface area (Å²) in [4.78, 5) is 7.12. The van der Waals surface area contributed by atoms with E-state index in [2.05, 4.69) is 14.7 Å². The molecule has 0 saturated carbocycles. The zero-order chi connectivity index (χ0) is 14.8. The van der Waals surface area contributed by atoms with Crippen LogP contribution in [0.5, 0.6) is 5.88 Å². The van der Waals surface area contributed by atoms with Crippen LogP contribution in [-0.4, -0.2) is 41.0 Å². The van der Waals surface area contributed by atoms with Crippen molar-refractivity contribution in [3.8, 4) is 5.88 Å². The van der Waals surface area contributed by atoms with E-state index in [1.165, 1.54) is 7.11 Å². The van der Waals surface area contributed by atoms with Gasteiger partial charge in [0, 0.05) is 6.07 Å². The highest BCUT2D eigenvalue weighted by molar-refractivity contribution is 7.71. The molecule has 0 saturated heterocycles. The first kappa shape index (κ1) is 14.8. The zero-order valence-electron chi connectivity index (χ0n) is 10.5. The predicted molar refractivity (Wildman–Crippen MR) is 68.3 cm³/mol. The minimum atomic E-state index is -4.33. The maximum Gasteiger partial charge on any atom is 0.411 e. The van der Waals surface area contributed by atoms with Crippen molar-refractivity contribution >= 4 is 23.4 Å². The van der Waals surface area contributed by atoms with Crippen molar-refractivity contribution in [3.63, 3.8) is 0 Å². The molecule has 0 aromatic carbocycles. The van der Waals surface area contributed by atoms with Crippen molar-refractivity contribution in [3.05, 3.63) is 16.9 Å². The van der Waals surface area contributed by atoms with Gasteiger partial charge in [-0.1, -0.05) is 0 Å². The van der Waals surface area contributed by atoms with Crippen LogP contribution in [0.1, 0.15) is 0 Å². The standard InChI is InChI=1S/C11H12F3N3O2S/c1-18-8-3-2-7-9(16-8)17(10(20)15-7)4-5-19-6-11(12,13)14/h2-3H,4-6H2,1H3,(H,15,20). The van der Waals surface area contributed by atoms with Crippen molar-refractivity contribution < 1.29 is 22.6 Å². The number of aromatic nitrogens is 3. The van der Waals surface area contributed by atoms with Crippen LogP contribution in [0.2, 0.25) is 0 Å². The molecule has 0 aliphatic heterocycles. The van der Waals surface area contributed by atoms with Gasteiger partial charge in [0.05, 0.1) is 25.8 Å². The Morgan fingerprint density at radius 1 is 1.40 bits per heavy atom. The summed E-state index contributed by atoms with van der Waals surface area (Å²) < 4.78 is 47.4. The Morgan fingerprint density at radius 3 is 2.80 bits per heavy atom. The number of nitrogens with one attached hydrogen (secondary N) is 1. The van der Waals surface area contributed by atoms with Gasteiger partial charge in [0.2, 0.25) is 5.88 Å². The zero-order valence-corrected chi connectivity index (χ0v) is 11.3. The predicted octanol–water partition coefficient (Wildman–Crippen LogP) is 2.68. The van der Waals surface area contributed by atoms with Crippen LogP contribution in [-0.2, 0) is 11.3 Å². The Kier molecular flexibility index (Phi) is 4.29. The molecule has 0 fully saturated rings. The van der Waals surface area contributed by atoms with Crippen LogP contribution in [0.25, 0.3) is 11.2 Å². The molecule has 2 aromatic rings. The van der Waals surface area contributed by atoms with Crippen LogP contribution in [0, 0.1) is 4.77 Å². The molecule has 110 valence electrons. The minimum Gasteiger partial charge on any atom is -0.481 e. The molecular formula is C11H12F3N3O2S. The smallest absolute Gasteiger partial charge is 0.411 e. The number of alkyl halides is 3. The lowest BCUT2D eigenvalue weighted by atomic mass is 10.4. The number of ether oxygens (including phenoxy) is 2. The fourth-order valence-electron chi connectivity index (χ4n) is 1.68. The van der Waals surface area contributed by atoms with Crippen LogP contribution >= 0.6 is 12.2 Å². The molecule has 0 spiro atoms. The number of imidazole rings is 1. The number of hydrogen-bond donors (Lipinski definition) is 1. The number of rotatable bonds is 5. The second-order valence-electron chi connectivity index (χ2n) is 3.97. The molecule has 5 nitrogen and oxygen atoms in total. The van der Waals surface area contributed by atoms with Gasteiger partial charge in [-0.3, -0.25) is 4.57 Å². The first-order valence-corrected chi connectivity index (χ1v) is 6.09. The number of halogens is 3. The Bertz CT molecular complexity index is 650. The fraction of sp³-hybridized carbons (Fsp3) is 0.455. The summed E-state index contributed by atoms with van der Waals surface area (Å²) in [6.45, 7) is -1.21. The van der Waals surface area contributed by atoms with Crippen LogP contribution < -0.4 is 4.74 Å². The average Bonchev–Trinajstić information content (AvgIpc) is 2.68. The number of nitrogens with zero attached hydrogens (tertiary/aromatic N) is 2. The van der Waals surface area contributed by atoms with E-state index in [1.807, 2.05) is 0 Å². The van der Waals surface area contributed by atoms with Gasteiger partial charge in [0.15, 0.2) is 10.4 Å². The molecule has 0 unspecified atom stereocenters. The van der Waals surface area contributed by atoms with Crippen LogP contribution in [0.3, 0.4) is 0 Å². The first-order chi connectivity index (χ1) is 9.40. The summed E-state index contributed by atoms with van der Waals surface area (Å²) in [5.41, 5.74) is 1.21. The molecule has 1 N–H and O–H groups in total. The first-order valence-electron chi connectivity index (χ1n) is 5.69. The average molecular weight is 307 g/mol. The van der Waals surface area contributed by atoms with E-state index in [-0.39, 0.29) is 13.2 Å². The van der Waals surface area contributed by atoms with E-state index in [1.54, 1.807) is 16.7 Å². The summed E-state index contributed by atoms with van der Waals surface area (Å²) in [7, 11) is 1.48. The number of pyridine rings is 1. The molecule has 2 heterocycles. The second-order valence-corrected chi connectivity index (χ2v) is 4.36. The van der Waals surface area contributed by atoms with Gasteiger partial charge < -0.3 is 14.5 Å². The molecule has 20 heavy (non-hydrogen) atoms. The highest BCUT2D eigenvalue weighted by Gasteiger charge is 2.27. The third-order valence-electron chi connectivity index (χ3n) is 2.53. The molecule has 0 aliphatic rings. The van der Waals surface area contributed by atoms with E-state index in [9.17, 15) is 13.2 Å². The summed E-state index contributed by atoms with van der Waals surface area (Å²) in [6, 6.07) is 3.40. The number of aromatic amines is 1. The molecule has 0 atom stereocenters. The van der Waals surface area contributed by atoms with E-state index in [4.69, 9.17) is 17.0 Å². The van der Waals surface area contributed by atoms with Gasteiger partial charge in [-0.15, -0.1) is 0 Å². The number of fused-ring (bicyclic) bond motifs is 1. The maximum atomic E-state index is 12.0. The van der Waals surface area contributed by atoms with Gasteiger partial charge in [0.1, 0.15) is 6.61 Å². The Hall–Kier alpha value is -1.61. The lowest BCUT2D eigenvalue weighted by Gasteiger charge is -2.08. The highest BCUT2D eigenvalue weighted by Crippen LogP contribution is 2.17. The van der Waals surface area contributed by atoms with E-state index in [0.717, 1.165) is 0 Å². The van der Waals surface area contributed by atoms with Crippen LogP contribution in [0.4, 0.5) is 13.2 Å². The third-order valence-corrected chi connectivity index (χ3v) is 2.85. The van der Waals surface area contributed by atoms with E-state index >= 15 is 0 Å². The van der Waals surface area contributed by atoms with Gasteiger partial charge in [-0.05, 0) is 18.3 Å². The molecule has 0 bridgehead atoms. The van der Waals surface area contributed by atoms with Crippen molar-refractivity contribution in [2.75, 3.05) is 20.3 Å². The lowest BCUT2D eigenvalue weighted by molar-refractivity contribution is -0.174. The fourth-order valence-corrected chi connectivity index (χ4v) is 1.97. The number of H-pyrrole nitrogens is 1. The largest absolute Gasteiger partial charge is 0.481 e. The van der Waals surface area contributed by atoms with Crippen molar-refractivity contribution in [1.82, 2.24) is 14.5 Å². The van der Waals surface area contributed by atoms with Gasteiger partial charge in [0.25, 0.3) is 0 Å². The minimum absolute atomic E-state index is 0.111. The molecule has 9 heteroatoms. The normalized spacial score (nSPS) is 12.0. The number of hydrogen-bond acceptors (Lipinski definition) is 4. The topological polar surface area (TPSA) is 52.1 Å². The molecule has 2 rings (SSSR count). The SMILES string of the molecule is COc1ccc2[nH]c(=S)n(CCOCC(F)(F)F)c2n1. The Balaban J connectivity index is 2.13. The van der Waals surface area contributed by atoms with Crippen molar-refractivity contribution in [2.45, 2.75) is 12.7 Å². The van der Waals surface area contributed by atoms with E-state index < -0.39 is 12.8 Å². The molecular weight excluding hydrogens is 295 g/mol. The quantitative estimate of drug-likeness (QED) is 0.681. The van der Waals surface area contributed by atoms with Crippen molar-refractivity contribution in [1.29, 1.82) is 0 Å². The second kappa shape index (κ2) is 5.80. The summed E-state index contributed by atoms with van der Waals surface area (Å²) in [5.74, 6) is 0.399. The van der Waals surface area contributed by atoms with Gasteiger partial charge in [-0.25, -0.2) is 0 Å². The molecule has 0 aliphatic carbocycles. The van der Waals surface area contributed by atoms with Gasteiger partial charge in [-0.2, -0.15) is 18.2 Å². The van der Waals surface area contributed by atoms with E-state index in [0.29, 0.717) is 21.8 Å². The molecule has 0 radical (unpaired) electrons. The van der Waals surface area contributed by atoms with Crippen LogP contribution in [0.15, 0.2) is 12.1 Å².